The molecule has 3 heteroatoms. The highest BCUT2D eigenvalue weighted by Crippen LogP contribution is 2.26. The van der Waals surface area contributed by atoms with Gasteiger partial charge in [0.1, 0.15) is 0 Å². The minimum atomic E-state index is -0.270. The molecule has 0 aromatic carbocycles. The number of hydrogen-bond acceptors (Lipinski definition) is 2. The van der Waals surface area contributed by atoms with Crippen molar-refractivity contribution in [1.82, 2.24) is 10.2 Å². The van der Waals surface area contributed by atoms with Gasteiger partial charge in [-0.15, -0.1) is 0 Å². The highest BCUT2D eigenvalue weighted by Gasteiger charge is 2.41. The lowest BCUT2D eigenvalue weighted by atomic mass is 9.91. The SMILES string of the molecule is CCC1(C(=O)N(CCC(C)C)CCC(C)C)CCCN1. The molecule has 1 aliphatic rings. The molecule has 0 saturated carbocycles. The van der Waals surface area contributed by atoms with E-state index in [1.807, 2.05) is 0 Å². The summed E-state index contributed by atoms with van der Waals surface area (Å²) in [6, 6.07) is 0. The first-order valence-electron chi connectivity index (χ1n) is 8.45. The van der Waals surface area contributed by atoms with E-state index >= 15 is 0 Å². The van der Waals surface area contributed by atoms with Gasteiger partial charge in [-0.2, -0.15) is 0 Å². The van der Waals surface area contributed by atoms with Crippen molar-refractivity contribution in [3.8, 4) is 0 Å². The van der Waals surface area contributed by atoms with Crippen molar-refractivity contribution in [2.24, 2.45) is 11.8 Å². The van der Waals surface area contributed by atoms with Gasteiger partial charge in [-0.1, -0.05) is 34.6 Å². The molecule has 20 heavy (non-hydrogen) atoms. The van der Waals surface area contributed by atoms with Crippen LogP contribution in [-0.2, 0) is 4.79 Å². The molecule has 1 heterocycles. The van der Waals surface area contributed by atoms with E-state index in [1.54, 1.807) is 0 Å². The highest BCUT2D eigenvalue weighted by molar-refractivity contribution is 5.86. The molecule has 1 amide bonds. The van der Waals surface area contributed by atoms with E-state index in [9.17, 15) is 4.79 Å². The largest absolute Gasteiger partial charge is 0.341 e. The zero-order valence-electron chi connectivity index (χ0n) is 14.2. The van der Waals surface area contributed by atoms with Crippen molar-refractivity contribution in [3.63, 3.8) is 0 Å². The van der Waals surface area contributed by atoms with Crippen molar-refractivity contribution >= 4 is 5.91 Å². The lowest BCUT2D eigenvalue weighted by Crippen LogP contribution is -2.55. The molecule has 3 nitrogen and oxygen atoms in total. The zero-order chi connectivity index (χ0) is 15.2. The number of carbonyl (C=O) groups excluding carboxylic acids is 1. The summed E-state index contributed by atoms with van der Waals surface area (Å²) in [7, 11) is 0. The van der Waals surface area contributed by atoms with E-state index in [-0.39, 0.29) is 5.54 Å². The fourth-order valence-electron chi connectivity index (χ4n) is 2.89. The van der Waals surface area contributed by atoms with E-state index in [2.05, 4.69) is 44.8 Å². The van der Waals surface area contributed by atoms with Crippen LogP contribution in [0.2, 0.25) is 0 Å². The maximum Gasteiger partial charge on any atom is 0.242 e. The van der Waals surface area contributed by atoms with Crippen LogP contribution in [0.4, 0.5) is 0 Å². The molecule has 1 fully saturated rings. The van der Waals surface area contributed by atoms with E-state index < -0.39 is 0 Å². The average molecular weight is 282 g/mol. The molecule has 1 aliphatic heterocycles. The lowest BCUT2D eigenvalue weighted by Gasteiger charge is -2.35. The number of nitrogens with zero attached hydrogens (tertiary/aromatic N) is 1. The first kappa shape index (κ1) is 17.5. The fourth-order valence-corrected chi connectivity index (χ4v) is 2.89. The van der Waals surface area contributed by atoms with Gasteiger partial charge >= 0.3 is 0 Å². The molecule has 0 bridgehead atoms. The van der Waals surface area contributed by atoms with Gasteiger partial charge in [0.25, 0.3) is 0 Å². The molecular weight excluding hydrogens is 248 g/mol. The quantitative estimate of drug-likeness (QED) is 0.739. The number of carbonyl (C=O) groups is 1. The predicted octanol–water partition coefficient (Wildman–Crippen LogP) is 3.44. The van der Waals surface area contributed by atoms with Crippen LogP contribution in [0, 0.1) is 11.8 Å². The van der Waals surface area contributed by atoms with Crippen molar-refractivity contribution in [2.75, 3.05) is 19.6 Å². The minimum Gasteiger partial charge on any atom is -0.341 e. The Bertz CT molecular complexity index is 281. The van der Waals surface area contributed by atoms with Crippen LogP contribution in [0.5, 0.6) is 0 Å². The molecule has 0 aromatic rings. The van der Waals surface area contributed by atoms with Gasteiger partial charge in [0, 0.05) is 13.1 Å². The molecule has 1 N–H and O–H groups in total. The van der Waals surface area contributed by atoms with Gasteiger partial charge in [-0.3, -0.25) is 4.79 Å². The van der Waals surface area contributed by atoms with Gasteiger partial charge in [-0.05, 0) is 50.5 Å². The molecule has 1 atom stereocenters. The van der Waals surface area contributed by atoms with Crippen LogP contribution in [-0.4, -0.2) is 36.0 Å². The standard InChI is InChI=1S/C17H34N2O/c1-6-17(10-7-11-18-17)16(20)19(12-8-14(2)3)13-9-15(4)5/h14-15,18H,6-13H2,1-5H3. The molecule has 0 radical (unpaired) electrons. The van der Waals surface area contributed by atoms with Gasteiger partial charge in [0.2, 0.25) is 5.91 Å². The van der Waals surface area contributed by atoms with Crippen molar-refractivity contribution in [2.45, 2.75) is 72.3 Å². The Morgan fingerprint density at radius 3 is 2.05 bits per heavy atom. The summed E-state index contributed by atoms with van der Waals surface area (Å²) in [4.78, 5) is 15.1. The van der Waals surface area contributed by atoms with Crippen LogP contribution in [0.3, 0.4) is 0 Å². The van der Waals surface area contributed by atoms with E-state index in [4.69, 9.17) is 0 Å². The number of hydrogen-bond donors (Lipinski definition) is 1. The Balaban J connectivity index is 2.71. The average Bonchev–Trinajstić information content (AvgIpc) is 2.87. The Morgan fingerprint density at radius 1 is 1.15 bits per heavy atom. The second-order valence-corrected chi connectivity index (χ2v) is 7.12. The van der Waals surface area contributed by atoms with Crippen molar-refractivity contribution in [3.05, 3.63) is 0 Å². The molecule has 1 saturated heterocycles. The number of nitrogens with one attached hydrogen (secondary N) is 1. The van der Waals surface area contributed by atoms with Crippen LogP contribution in [0.15, 0.2) is 0 Å². The maximum absolute atomic E-state index is 13.0. The third-order valence-corrected chi connectivity index (χ3v) is 4.50. The van der Waals surface area contributed by atoms with Crippen LogP contribution < -0.4 is 5.32 Å². The fraction of sp³-hybridized carbons (Fsp3) is 0.941. The zero-order valence-corrected chi connectivity index (χ0v) is 14.2. The summed E-state index contributed by atoms with van der Waals surface area (Å²) in [5.41, 5.74) is -0.270. The Morgan fingerprint density at radius 2 is 1.70 bits per heavy atom. The molecule has 0 aliphatic carbocycles. The van der Waals surface area contributed by atoms with E-state index in [0.717, 1.165) is 51.7 Å². The number of rotatable bonds is 8. The Labute approximate surface area is 125 Å². The van der Waals surface area contributed by atoms with Gasteiger partial charge in [0.05, 0.1) is 5.54 Å². The normalized spacial score (nSPS) is 22.8. The Kier molecular flexibility index (Phi) is 7.01. The first-order chi connectivity index (χ1) is 9.41. The summed E-state index contributed by atoms with van der Waals surface area (Å²) >= 11 is 0. The second kappa shape index (κ2) is 8.02. The highest BCUT2D eigenvalue weighted by atomic mass is 16.2. The van der Waals surface area contributed by atoms with Gasteiger partial charge in [-0.25, -0.2) is 0 Å². The lowest BCUT2D eigenvalue weighted by molar-refractivity contribution is -0.138. The summed E-state index contributed by atoms with van der Waals surface area (Å²) in [6.07, 6.45) is 5.24. The third-order valence-electron chi connectivity index (χ3n) is 4.50. The molecule has 0 spiro atoms. The third kappa shape index (κ3) is 4.76. The van der Waals surface area contributed by atoms with Crippen LogP contribution >= 0.6 is 0 Å². The minimum absolute atomic E-state index is 0.270. The van der Waals surface area contributed by atoms with Crippen LogP contribution in [0.25, 0.3) is 0 Å². The predicted molar refractivity (Wildman–Crippen MR) is 85.7 cm³/mol. The van der Waals surface area contributed by atoms with Crippen LogP contribution in [0.1, 0.15) is 66.7 Å². The van der Waals surface area contributed by atoms with E-state index in [0.29, 0.717) is 17.7 Å². The summed E-state index contributed by atoms with van der Waals surface area (Å²) in [5, 5.41) is 3.48. The molecule has 1 rings (SSSR count). The topological polar surface area (TPSA) is 32.3 Å². The van der Waals surface area contributed by atoms with Crippen molar-refractivity contribution in [1.29, 1.82) is 0 Å². The van der Waals surface area contributed by atoms with Gasteiger partial charge in [0.15, 0.2) is 0 Å². The summed E-state index contributed by atoms with van der Waals surface area (Å²) in [6.45, 7) is 13.9. The molecule has 1 unspecified atom stereocenters. The summed E-state index contributed by atoms with van der Waals surface area (Å²) < 4.78 is 0. The Hall–Kier alpha value is -0.570. The first-order valence-corrected chi connectivity index (χ1v) is 8.45. The van der Waals surface area contributed by atoms with E-state index in [1.165, 1.54) is 0 Å². The maximum atomic E-state index is 13.0. The smallest absolute Gasteiger partial charge is 0.242 e. The second-order valence-electron chi connectivity index (χ2n) is 7.12. The molecule has 118 valence electrons. The summed E-state index contributed by atoms with van der Waals surface area (Å²) in [5.74, 6) is 1.65. The van der Waals surface area contributed by atoms with Gasteiger partial charge < -0.3 is 10.2 Å². The number of amides is 1. The molecule has 0 aromatic heterocycles. The van der Waals surface area contributed by atoms with Crippen molar-refractivity contribution < 1.29 is 4.79 Å². The molecular formula is C17H34N2O. The monoisotopic (exact) mass is 282 g/mol.